The Hall–Kier alpha value is -2.00. The molecular weight excluding hydrogens is 356 g/mol. The predicted octanol–water partition coefficient (Wildman–Crippen LogP) is 2.00. The van der Waals surface area contributed by atoms with Gasteiger partial charge in [-0.15, -0.1) is 11.3 Å². The summed E-state index contributed by atoms with van der Waals surface area (Å²) in [6.07, 6.45) is 1.59. The molecule has 0 radical (unpaired) electrons. The summed E-state index contributed by atoms with van der Waals surface area (Å²) in [6.45, 7) is 0.422. The third kappa shape index (κ3) is 2.88. The fraction of sp³-hybridized carbons (Fsp3) is 0.167. The highest BCUT2D eigenvalue weighted by molar-refractivity contribution is 9.10. The highest BCUT2D eigenvalue weighted by atomic mass is 79.9. The predicted molar refractivity (Wildman–Crippen MR) is 84.2 cm³/mol. The standard InChI is InChI=1S/C12H11BrN6OS/c1-19-12(20)10(13)7(5-15-19)14-6-9-16-11(18-17-9)8-3-2-4-21-8/h2-5,14H,6H2,1H3,(H,16,17,18). The Kier molecular flexibility index (Phi) is 3.84. The number of halogens is 1. The van der Waals surface area contributed by atoms with E-state index in [0.29, 0.717) is 28.4 Å². The van der Waals surface area contributed by atoms with Crippen molar-refractivity contribution in [2.75, 3.05) is 5.32 Å². The Morgan fingerprint density at radius 2 is 2.38 bits per heavy atom. The first-order valence-corrected chi connectivity index (χ1v) is 7.73. The van der Waals surface area contributed by atoms with Crippen molar-refractivity contribution in [3.63, 3.8) is 0 Å². The molecule has 0 bridgehead atoms. The molecule has 0 unspecified atom stereocenters. The minimum absolute atomic E-state index is 0.197. The molecule has 9 heteroatoms. The van der Waals surface area contributed by atoms with Crippen molar-refractivity contribution >= 4 is 33.0 Å². The quantitative estimate of drug-likeness (QED) is 0.737. The van der Waals surface area contributed by atoms with Crippen LogP contribution < -0.4 is 10.9 Å². The van der Waals surface area contributed by atoms with Crippen molar-refractivity contribution in [3.8, 4) is 10.7 Å². The molecule has 7 nitrogen and oxygen atoms in total. The number of nitrogens with one attached hydrogen (secondary N) is 2. The number of hydrogen-bond acceptors (Lipinski definition) is 6. The maximum absolute atomic E-state index is 11.7. The Bertz CT molecular complexity index is 810. The van der Waals surface area contributed by atoms with E-state index in [2.05, 4.69) is 41.5 Å². The van der Waals surface area contributed by atoms with Crippen LogP contribution in [0.2, 0.25) is 0 Å². The van der Waals surface area contributed by atoms with Crippen molar-refractivity contribution in [1.82, 2.24) is 25.0 Å². The van der Waals surface area contributed by atoms with E-state index in [9.17, 15) is 4.79 Å². The molecule has 2 N–H and O–H groups in total. The first kappa shape index (κ1) is 14.0. The molecule has 3 aromatic heterocycles. The highest BCUT2D eigenvalue weighted by Gasteiger charge is 2.09. The minimum atomic E-state index is -0.197. The van der Waals surface area contributed by atoms with Gasteiger partial charge in [0.1, 0.15) is 10.3 Å². The van der Waals surface area contributed by atoms with Crippen LogP contribution in [0.3, 0.4) is 0 Å². The highest BCUT2D eigenvalue weighted by Crippen LogP contribution is 2.21. The molecule has 108 valence electrons. The number of nitrogens with zero attached hydrogens (tertiary/aromatic N) is 4. The molecule has 0 aliphatic heterocycles. The van der Waals surface area contributed by atoms with Crippen molar-refractivity contribution < 1.29 is 0 Å². The van der Waals surface area contributed by atoms with Gasteiger partial charge in [-0.05, 0) is 27.4 Å². The number of anilines is 1. The summed E-state index contributed by atoms with van der Waals surface area (Å²) < 4.78 is 1.71. The Balaban J connectivity index is 1.74. The number of aromatic nitrogens is 5. The van der Waals surface area contributed by atoms with E-state index in [0.717, 1.165) is 4.88 Å². The molecule has 0 amide bonds. The van der Waals surface area contributed by atoms with Crippen LogP contribution in [-0.2, 0) is 13.6 Å². The van der Waals surface area contributed by atoms with Gasteiger partial charge in [-0.3, -0.25) is 9.89 Å². The zero-order valence-corrected chi connectivity index (χ0v) is 13.4. The van der Waals surface area contributed by atoms with E-state index in [1.54, 1.807) is 24.6 Å². The van der Waals surface area contributed by atoms with Crippen molar-refractivity contribution in [2.24, 2.45) is 7.05 Å². The molecule has 0 spiro atoms. The van der Waals surface area contributed by atoms with Crippen molar-refractivity contribution in [1.29, 1.82) is 0 Å². The number of hydrogen-bond donors (Lipinski definition) is 2. The topological polar surface area (TPSA) is 88.5 Å². The molecule has 0 saturated heterocycles. The maximum Gasteiger partial charge on any atom is 0.282 e. The van der Waals surface area contributed by atoms with Crippen LogP contribution in [0, 0.1) is 0 Å². The van der Waals surface area contributed by atoms with E-state index in [-0.39, 0.29) is 5.56 Å². The molecule has 21 heavy (non-hydrogen) atoms. The van der Waals surface area contributed by atoms with Crippen LogP contribution in [0.4, 0.5) is 5.69 Å². The first-order valence-electron chi connectivity index (χ1n) is 6.06. The summed E-state index contributed by atoms with van der Waals surface area (Å²) in [5.74, 6) is 1.36. The lowest BCUT2D eigenvalue weighted by molar-refractivity contribution is 0.703. The number of thiophene rings is 1. The maximum atomic E-state index is 11.7. The lowest BCUT2D eigenvalue weighted by Crippen LogP contribution is -2.21. The minimum Gasteiger partial charge on any atom is -0.375 e. The van der Waals surface area contributed by atoms with Gasteiger partial charge in [-0.2, -0.15) is 10.2 Å². The zero-order valence-electron chi connectivity index (χ0n) is 11.0. The van der Waals surface area contributed by atoms with Gasteiger partial charge in [0, 0.05) is 7.05 Å². The second kappa shape index (κ2) is 5.78. The van der Waals surface area contributed by atoms with Crippen LogP contribution in [-0.4, -0.2) is 25.0 Å². The molecule has 0 aliphatic carbocycles. The second-order valence-corrected chi connectivity index (χ2v) is 5.98. The molecule has 3 aromatic rings. The van der Waals surface area contributed by atoms with Crippen molar-refractivity contribution in [3.05, 3.63) is 44.4 Å². The molecule has 0 aliphatic rings. The normalized spacial score (nSPS) is 10.8. The monoisotopic (exact) mass is 366 g/mol. The largest absolute Gasteiger partial charge is 0.375 e. The SMILES string of the molecule is Cn1ncc(NCc2nc(-c3cccs3)n[nH]2)c(Br)c1=O. The number of H-pyrrole nitrogens is 1. The summed E-state index contributed by atoms with van der Waals surface area (Å²) >= 11 is 4.84. The summed E-state index contributed by atoms with van der Waals surface area (Å²) in [5, 5.41) is 16.1. The fourth-order valence-corrected chi connectivity index (χ4v) is 2.86. The summed E-state index contributed by atoms with van der Waals surface area (Å²) in [4.78, 5) is 17.1. The number of rotatable bonds is 4. The lowest BCUT2D eigenvalue weighted by Gasteiger charge is -2.06. The molecule has 3 rings (SSSR count). The Labute approximate surface area is 132 Å². The molecule has 0 saturated carbocycles. The van der Waals surface area contributed by atoms with Gasteiger partial charge < -0.3 is 5.32 Å². The van der Waals surface area contributed by atoms with Crippen LogP contribution in [0.15, 0.2) is 33.0 Å². The smallest absolute Gasteiger partial charge is 0.282 e. The van der Waals surface area contributed by atoms with Gasteiger partial charge in [0.15, 0.2) is 5.82 Å². The Morgan fingerprint density at radius 1 is 1.52 bits per heavy atom. The third-order valence-corrected chi connectivity index (χ3v) is 4.43. The number of aryl methyl sites for hydroxylation is 1. The second-order valence-electron chi connectivity index (χ2n) is 4.24. The van der Waals surface area contributed by atoms with Gasteiger partial charge in [-0.25, -0.2) is 9.67 Å². The van der Waals surface area contributed by atoms with Crippen LogP contribution in [0.1, 0.15) is 5.82 Å². The first-order chi connectivity index (χ1) is 10.1. The molecule has 0 fully saturated rings. The molecule has 0 aromatic carbocycles. The van der Waals surface area contributed by atoms with E-state index in [4.69, 9.17) is 0 Å². The van der Waals surface area contributed by atoms with Gasteiger partial charge in [0.25, 0.3) is 5.56 Å². The van der Waals surface area contributed by atoms with E-state index in [1.807, 2.05) is 17.5 Å². The van der Waals surface area contributed by atoms with Gasteiger partial charge in [-0.1, -0.05) is 6.07 Å². The van der Waals surface area contributed by atoms with Gasteiger partial charge in [0.05, 0.1) is 23.3 Å². The summed E-state index contributed by atoms with van der Waals surface area (Å²) in [6, 6.07) is 3.92. The Morgan fingerprint density at radius 3 is 3.14 bits per heavy atom. The number of aromatic amines is 1. The van der Waals surface area contributed by atoms with Crippen LogP contribution in [0.25, 0.3) is 10.7 Å². The molecule has 3 heterocycles. The molecular formula is C12H11BrN6OS. The van der Waals surface area contributed by atoms with Gasteiger partial charge in [0.2, 0.25) is 0 Å². The third-order valence-electron chi connectivity index (χ3n) is 2.80. The van der Waals surface area contributed by atoms with E-state index < -0.39 is 0 Å². The van der Waals surface area contributed by atoms with Crippen molar-refractivity contribution in [2.45, 2.75) is 6.54 Å². The zero-order chi connectivity index (χ0) is 14.8. The van der Waals surface area contributed by atoms with Gasteiger partial charge >= 0.3 is 0 Å². The average molecular weight is 367 g/mol. The molecule has 0 atom stereocenters. The summed E-state index contributed by atoms with van der Waals surface area (Å²) in [7, 11) is 1.60. The van der Waals surface area contributed by atoms with E-state index >= 15 is 0 Å². The fourth-order valence-electron chi connectivity index (χ4n) is 1.70. The summed E-state index contributed by atoms with van der Waals surface area (Å²) in [5.41, 5.74) is 0.420. The van der Waals surface area contributed by atoms with E-state index in [1.165, 1.54) is 4.68 Å². The van der Waals surface area contributed by atoms with Crippen LogP contribution in [0.5, 0.6) is 0 Å². The average Bonchev–Trinajstić information content (AvgIpc) is 3.14. The van der Waals surface area contributed by atoms with Crippen LogP contribution >= 0.6 is 27.3 Å². The lowest BCUT2D eigenvalue weighted by atomic mass is 10.4.